The Morgan fingerprint density at radius 3 is 2.38 bits per heavy atom. The lowest BCUT2D eigenvalue weighted by Crippen LogP contribution is -2.38. The van der Waals surface area contributed by atoms with Gasteiger partial charge < -0.3 is 9.47 Å². The molecule has 1 aliphatic rings. The van der Waals surface area contributed by atoms with Gasteiger partial charge in [-0.25, -0.2) is 8.78 Å². The van der Waals surface area contributed by atoms with E-state index in [2.05, 4.69) is 0 Å². The summed E-state index contributed by atoms with van der Waals surface area (Å²) in [5, 5.41) is -1.44. The summed E-state index contributed by atoms with van der Waals surface area (Å²) in [6.45, 7) is 0.0580. The van der Waals surface area contributed by atoms with Gasteiger partial charge in [0.1, 0.15) is 0 Å². The number of hydrogen-bond acceptors (Lipinski definition) is 2. The first-order chi connectivity index (χ1) is 6.12. The Morgan fingerprint density at radius 2 is 1.92 bits per heavy atom. The predicted octanol–water partition coefficient (Wildman–Crippen LogP) is 2.32. The Kier molecular flexibility index (Phi) is 1.98. The zero-order valence-corrected chi connectivity index (χ0v) is 7.15. The minimum Gasteiger partial charge on any atom is -0.306 e. The highest BCUT2D eigenvalue weighted by atomic mass is 35.5. The van der Waals surface area contributed by atoms with Crippen LogP contribution in [0, 0.1) is 11.6 Å². The standard InChI is InChI=1S/C8H5ClF2O2/c9-8(12-4-13-8)5-1-2-6(10)7(11)3-5/h1-3H,4H2. The van der Waals surface area contributed by atoms with E-state index in [0.717, 1.165) is 12.1 Å². The third kappa shape index (κ3) is 1.41. The van der Waals surface area contributed by atoms with Crippen LogP contribution in [0.5, 0.6) is 0 Å². The van der Waals surface area contributed by atoms with Crippen LogP contribution in [0.4, 0.5) is 8.78 Å². The zero-order valence-electron chi connectivity index (χ0n) is 6.39. The minimum absolute atomic E-state index is 0.0580. The van der Waals surface area contributed by atoms with Crippen molar-refractivity contribution >= 4 is 11.6 Å². The first kappa shape index (κ1) is 8.87. The molecule has 1 aromatic carbocycles. The monoisotopic (exact) mass is 206 g/mol. The van der Waals surface area contributed by atoms with Gasteiger partial charge in [0.15, 0.2) is 18.4 Å². The summed E-state index contributed by atoms with van der Waals surface area (Å²) < 4.78 is 34.9. The molecule has 1 heterocycles. The summed E-state index contributed by atoms with van der Waals surface area (Å²) in [6, 6.07) is 3.23. The fraction of sp³-hybridized carbons (Fsp3) is 0.250. The van der Waals surface area contributed by atoms with Crippen molar-refractivity contribution in [2.24, 2.45) is 0 Å². The molecule has 0 aromatic heterocycles. The first-order valence-corrected chi connectivity index (χ1v) is 3.92. The number of benzene rings is 1. The fourth-order valence-corrected chi connectivity index (χ4v) is 1.22. The number of hydrogen-bond donors (Lipinski definition) is 0. The average molecular weight is 207 g/mol. The van der Waals surface area contributed by atoms with Crippen LogP contribution in [0.2, 0.25) is 0 Å². The van der Waals surface area contributed by atoms with Gasteiger partial charge in [-0.2, -0.15) is 0 Å². The van der Waals surface area contributed by atoms with Crippen molar-refractivity contribution in [3.05, 3.63) is 35.4 Å². The van der Waals surface area contributed by atoms with E-state index in [1.165, 1.54) is 6.07 Å². The first-order valence-electron chi connectivity index (χ1n) is 3.54. The van der Waals surface area contributed by atoms with E-state index >= 15 is 0 Å². The number of rotatable bonds is 1. The van der Waals surface area contributed by atoms with Gasteiger partial charge in [-0.3, -0.25) is 0 Å². The molecule has 0 bridgehead atoms. The van der Waals surface area contributed by atoms with Crippen LogP contribution in [0.1, 0.15) is 5.56 Å². The highest BCUT2D eigenvalue weighted by Crippen LogP contribution is 2.38. The van der Waals surface area contributed by atoms with E-state index < -0.39 is 16.9 Å². The number of halogens is 3. The third-order valence-corrected chi connectivity index (χ3v) is 2.19. The summed E-state index contributed by atoms with van der Waals surface area (Å²) in [4.78, 5) is 0. The van der Waals surface area contributed by atoms with Gasteiger partial charge >= 0.3 is 0 Å². The second-order valence-corrected chi connectivity index (χ2v) is 3.07. The third-order valence-electron chi connectivity index (χ3n) is 1.75. The lowest BCUT2D eigenvalue weighted by molar-refractivity contribution is -0.360. The minimum atomic E-state index is -1.44. The van der Waals surface area contributed by atoms with Crippen LogP contribution in [0.3, 0.4) is 0 Å². The number of alkyl halides is 1. The van der Waals surface area contributed by atoms with E-state index in [4.69, 9.17) is 21.1 Å². The Balaban J connectivity index is 2.36. The maximum absolute atomic E-state index is 12.7. The van der Waals surface area contributed by atoms with Crippen LogP contribution in [0.15, 0.2) is 18.2 Å². The predicted molar refractivity (Wildman–Crippen MR) is 40.9 cm³/mol. The molecule has 1 saturated heterocycles. The molecule has 70 valence electrons. The summed E-state index contributed by atoms with van der Waals surface area (Å²) in [5.41, 5.74) is 0.249. The molecule has 1 aromatic rings. The second kappa shape index (κ2) is 2.90. The van der Waals surface area contributed by atoms with Crippen molar-refractivity contribution in [3.8, 4) is 0 Å². The highest BCUT2D eigenvalue weighted by molar-refractivity contribution is 6.22. The van der Waals surface area contributed by atoms with Crippen molar-refractivity contribution in [2.75, 3.05) is 6.79 Å². The Bertz CT molecular complexity index is 339. The van der Waals surface area contributed by atoms with Gasteiger partial charge in [0, 0.05) is 5.56 Å². The van der Waals surface area contributed by atoms with E-state index in [-0.39, 0.29) is 12.4 Å². The summed E-state index contributed by atoms with van der Waals surface area (Å²) >= 11 is 5.72. The lowest BCUT2D eigenvalue weighted by atomic mass is 10.2. The molecular formula is C8H5ClF2O2. The largest absolute Gasteiger partial charge is 0.306 e. The summed E-state index contributed by atoms with van der Waals surface area (Å²) in [7, 11) is 0. The van der Waals surface area contributed by atoms with Gasteiger partial charge in [-0.15, -0.1) is 0 Å². The van der Waals surface area contributed by atoms with E-state index in [1.54, 1.807) is 0 Å². The van der Waals surface area contributed by atoms with Gasteiger partial charge in [0.2, 0.25) is 0 Å². The quantitative estimate of drug-likeness (QED) is 0.657. The molecule has 1 aliphatic heterocycles. The molecule has 0 saturated carbocycles. The zero-order chi connectivity index (χ0) is 9.47. The molecule has 5 heteroatoms. The Labute approximate surface area is 78.0 Å². The van der Waals surface area contributed by atoms with Crippen LogP contribution < -0.4 is 0 Å². The van der Waals surface area contributed by atoms with Crippen molar-refractivity contribution in [3.63, 3.8) is 0 Å². The molecule has 2 rings (SSSR count). The Morgan fingerprint density at radius 1 is 1.23 bits per heavy atom. The number of ether oxygens (including phenoxy) is 2. The molecular weight excluding hydrogens is 202 g/mol. The van der Waals surface area contributed by atoms with Crippen molar-refractivity contribution in [2.45, 2.75) is 5.25 Å². The maximum atomic E-state index is 12.7. The summed E-state index contributed by atoms with van der Waals surface area (Å²) in [5.74, 6) is -1.90. The van der Waals surface area contributed by atoms with Gasteiger partial charge in [-0.05, 0) is 18.2 Å². The highest BCUT2D eigenvalue weighted by Gasteiger charge is 2.40. The van der Waals surface area contributed by atoms with E-state index in [0.29, 0.717) is 0 Å². The average Bonchev–Trinajstić information content (AvgIpc) is 2.06. The molecule has 1 fully saturated rings. The fourth-order valence-electron chi connectivity index (χ4n) is 1.01. The molecule has 13 heavy (non-hydrogen) atoms. The van der Waals surface area contributed by atoms with Crippen LogP contribution in [0.25, 0.3) is 0 Å². The molecule has 0 spiro atoms. The molecule has 2 nitrogen and oxygen atoms in total. The lowest BCUT2D eigenvalue weighted by Gasteiger charge is -2.35. The van der Waals surface area contributed by atoms with Crippen molar-refractivity contribution in [1.82, 2.24) is 0 Å². The van der Waals surface area contributed by atoms with E-state index in [9.17, 15) is 8.78 Å². The summed E-state index contributed by atoms with van der Waals surface area (Å²) in [6.07, 6.45) is 0. The molecule has 0 amide bonds. The van der Waals surface area contributed by atoms with Crippen LogP contribution in [-0.2, 0) is 14.7 Å². The van der Waals surface area contributed by atoms with Crippen LogP contribution >= 0.6 is 11.6 Å². The van der Waals surface area contributed by atoms with Crippen LogP contribution in [-0.4, -0.2) is 6.79 Å². The van der Waals surface area contributed by atoms with E-state index in [1.807, 2.05) is 0 Å². The second-order valence-electron chi connectivity index (χ2n) is 2.57. The maximum Gasteiger partial charge on any atom is 0.280 e. The van der Waals surface area contributed by atoms with Crippen molar-refractivity contribution < 1.29 is 18.3 Å². The molecule has 0 unspecified atom stereocenters. The van der Waals surface area contributed by atoms with Gasteiger partial charge in [-0.1, -0.05) is 11.6 Å². The van der Waals surface area contributed by atoms with Crippen molar-refractivity contribution in [1.29, 1.82) is 0 Å². The molecule has 0 radical (unpaired) electrons. The van der Waals surface area contributed by atoms with Gasteiger partial charge in [0.05, 0.1) is 0 Å². The topological polar surface area (TPSA) is 18.5 Å². The Hall–Kier alpha value is -0.710. The normalized spacial score (nSPS) is 19.6. The molecule has 0 aliphatic carbocycles. The molecule has 0 N–H and O–H groups in total. The SMILES string of the molecule is Fc1ccc(C2(Cl)OCO2)cc1F. The smallest absolute Gasteiger partial charge is 0.280 e. The van der Waals surface area contributed by atoms with Gasteiger partial charge in [0.25, 0.3) is 5.25 Å². The molecule has 0 atom stereocenters.